The van der Waals surface area contributed by atoms with Crippen LogP contribution in [0.5, 0.6) is 5.75 Å². The van der Waals surface area contributed by atoms with Crippen molar-refractivity contribution in [1.29, 1.82) is 0 Å². The highest BCUT2D eigenvalue weighted by molar-refractivity contribution is 5.39. The summed E-state index contributed by atoms with van der Waals surface area (Å²) in [6.07, 6.45) is 10.5. The third-order valence-electron chi connectivity index (χ3n) is 3.63. The van der Waals surface area contributed by atoms with Crippen molar-refractivity contribution in [2.75, 3.05) is 6.61 Å². The van der Waals surface area contributed by atoms with Crippen LogP contribution in [-0.4, -0.2) is 17.3 Å². The maximum Gasteiger partial charge on any atom is 0.120 e. The molecule has 0 aliphatic rings. The summed E-state index contributed by atoms with van der Waals surface area (Å²) < 4.78 is 5.75. The number of hydrogen-bond acceptors (Lipinski definition) is 2. The Labute approximate surface area is 142 Å². The zero-order chi connectivity index (χ0) is 17.0. The molecule has 0 aliphatic carbocycles. The molecule has 1 aromatic rings. The van der Waals surface area contributed by atoms with E-state index in [9.17, 15) is 5.11 Å². The van der Waals surface area contributed by atoms with Crippen LogP contribution in [0.25, 0.3) is 0 Å². The second kappa shape index (κ2) is 11.1. The van der Waals surface area contributed by atoms with Crippen LogP contribution < -0.4 is 4.74 Å². The summed E-state index contributed by atoms with van der Waals surface area (Å²) >= 11 is 0. The van der Waals surface area contributed by atoms with Crippen LogP contribution in [0.1, 0.15) is 77.7 Å². The molecule has 0 amide bonds. The molecule has 23 heavy (non-hydrogen) atoms. The standard InChI is InChI=1S/C21H32O2/c1-4-5-6-7-8-9-10-11-18-23-20-14-12-19(13-15-20)16-17-21(2,3)22/h12-15,22H,4-11,18H2,1-3H3. The summed E-state index contributed by atoms with van der Waals surface area (Å²) in [4.78, 5) is 0. The minimum Gasteiger partial charge on any atom is -0.494 e. The van der Waals surface area contributed by atoms with Crippen LogP contribution in [0, 0.1) is 11.8 Å². The quantitative estimate of drug-likeness (QED) is 0.467. The van der Waals surface area contributed by atoms with Crippen molar-refractivity contribution in [3.8, 4) is 17.6 Å². The van der Waals surface area contributed by atoms with Crippen molar-refractivity contribution in [3.05, 3.63) is 29.8 Å². The Hall–Kier alpha value is -1.46. The number of unbranched alkanes of at least 4 members (excludes halogenated alkanes) is 7. The summed E-state index contributed by atoms with van der Waals surface area (Å²) in [7, 11) is 0. The minimum atomic E-state index is -0.953. The molecule has 0 aliphatic heterocycles. The van der Waals surface area contributed by atoms with E-state index in [2.05, 4.69) is 18.8 Å². The van der Waals surface area contributed by atoms with Crippen LogP contribution >= 0.6 is 0 Å². The van der Waals surface area contributed by atoms with Gasteiger partial charge in [-0.15, -0.1) is 0 Å². The predicted octanol–water partition coefficient (Wildman–Crippen LogP) is 5.33. The van der Waals surface area contributed by atoms with Gasteiger partial charge in [0, 0.05) is 5.56 Å². The van der Waals surface area contributed by atoms with E-state index < -0.39 is 5.60 Å². The molecule has 0 spiro atoms. The molecule has 0 atom stereocenters. The Balaban J connectivity index is 2.15. The van der Waals surface area contributed by atoms with E-state index >= 15 is 0 Å². The first-order chi connectivity index (χ1) is 11.0. The lowest BCUT2D eigenvalue weighted by Crippen LogP contribution is -2.14. The van der Waals surface area contributed by atoms with Crippen molar-refractivity contribution >= 4 is 0 Å². The Morgan fingerprint density at radius 1 is 0.913 bits per heavy atom. The number of rotatable bonds is 10. The van der Waals surface area contributed by atoms with Gasteiger partial charge in [-0.25, -0.2) is 0 Å². The van der Waals surface area contributed by atoms with Gasteiger partial charge in [-0.3, -0.25) is 0 Å². The molecule has 0 radical (unpaired) electrons. The fraction of sp³-hybridized carbons (Fsp3) is 0.619. The van der Waals surface area contributed by atoms with Crippen molar-refractivity contribution < 1.29 is 9.84 Å². The molecule has 0 fully saturated rings. The fourth-order valence-corrected chi connectivity index (χ4v) is 2.29. The topological polar surface area (TPSA) is 29.5 Å². The highest BCUT2D eigenvalue weighted by Gasteiger charge is 2.05. The van der Waals surface area contributed by atoms with Crippen LogP contribution in [0.15, 0.2) is 24.3 Å². The zero-order valence-electron chi connectivity index (χ0n) is 15.0. The Kier molecular flexibility index (Phi) is 9.48. The van der Waals surface area contributed by atoms with Crippen LogP contribution in [0.2, 0.25) is 0 Å². The third-order valence-corrected chi connectivity index (χ3v) is 3.63. The van der Waals surface area contributed by atoms with E-state index in [1.54, 1.807) is 13.8 Å². The average molecular weight is 316 g/mol. The van der Waals surface area contributed by atoms with Crippen molar-refractivity contribution in [3.63, 3.8) is 0 Å². The van der Waals surface area contributed by atoms with E-state index in [1.807, 2.05) is 24.3 Å². The Morgan fingerprint density at radius 2 is 1.48 bits per heavy atom. The lowest BCUT2D eigenvalue weighted by atomic mass is 10.1. The molecule has 1 N–H and O–H groups in total. The number of benzene rings is 1. The molecule has 1 rings (SSSR count). The second-order valence-electron chi connectivity index (χ2n) is 6.66. The summed E-state index contributed by atoms with van der Waals surface area (Å²) in [6.45, 7) is 6.40. The fourth-order valence-electron chi connectivity index (χ4n) is 2.29. The number of aliphatic hydroxyl groups is 1. The molecule has 2 nitrogen and oxygen atoms in total. The van der Waals surface area contributed by atoms with E-state index in [-0.39, 0.29) is 0 Å². The van der Waals surface area contributed by atoms with Gasteiger partial charge in [0.25, 0.3) is 0 Å². The van der Waals surface area contributed by atoms with Crippen molar-refractivity contribution in [2.24, 2.45) is 0 Å². The molecule has 0 bridgehead atoms. The van der Waals surface area contributed by atoms with E-state index in [4.69, 9.17) is 4.74 Å². The lowest BCUT2D eigenvalue weighted by molar-refractivity contribution is 0.143. The Bertz CT molecular complexity index is 471. The largest absolute Gasteiger partial charge is 0.494 e. The van der Waals surface area contributed by atoms with E-state index in [1.165, 1.54) is 44.9 Å². The summed E-state index contributed by atoms with van der Waals surface area (Å²) in [5.74, 6) is 6.66. The lowest BCUT2D eigenvalue weighted by Gasteiger charge is -2.07. The normalized spacial score (nSPS) is 11.0. The number of hydrogen-bond donors (Lipinski definition) is 1. The Morgan fingerprint density at radius 3 is 2.04 bits per heavy atom. The van der Waals surface area contributed by atoms with Gasteiger partial charge in [0.2, 0.25) is 0 Å². The van der Waals surface area contributed by atoms with E-state index in [0.717, 1.165) is 24.3 Å². The van der Waals surface area contributed by atoms with Gasteiger partial charge in [-0.1, -0.05) is 63.7 Å². The molecular formula is C21H32O2. The highest BCUT2D eigenvalue weighted by Crippen LogP contribution is 2.13. The smallest absolute Gasteiger partial charge is 0.120 e. The van der Waals surface area contributed by atoms with Crippen molar-refractivity contribution in [1.82, 2.24) is 0 Å². The van der Waals surface area contributed by atoms with Crippen LogP contribution in [-0.2, 0) is 0 Å². The van der Waals surface area contributed by atoms with Gasteiger partial charge < -0.3 is 9.84 Å². The maximum atomic E-state index is 9.58. The molecule has 0 saturated carbocycles. The van der Waals surface area contributed by atoms with Gasteiger partial charge >= 0.3 is 0 Å². The highest BCUT2D eigenvalue weighted by atomic mass is 16.5. The minimum absolute atomic E-state index is 0.781. The van der Waals surface area contributed by atoms with Gasteiger partial charge in [0.1, 0.15) is 11.4 Å². The maximum absolute atomic E-state index is 9.58. The first-order valence-corrected chi connectivity index (χ1v) is 8.99. The molecule has 2 heteroatoms. The van der Waals surface area contributed by atoms with Crippen LogP contribution in [0.4, 0.5) is 0 Å². The SMILES string of the molecule is CCCCCCCCCCOc1ccc(C#CC(C)(C)O)cc1. The molecule has 128 valence electrons. The third kappa shape index (κ3) is 10.8. The average Bonchev–Trinajstić information content (AvgIpc) is 2.52. The van der Waals surface area contributed by atoms with Gasteiger partial charge in [-0.2, -0.15) is 0 Å². The molecular weight excluding hydrogens is 284 g/mol. The second-order valence-corrected chi connectivity index (χ2v) is 6.66. The molecule has 0 unspecified atom stereocenters. The van der Waals surface area contributed by atoms with Gasteiger partial charge in [0.15, 0.2) is 0 Å². The summed E-state index contributed by atoms with van der Waals surface area (Å²) in [5, 5.41) is 9.58. The predicted molar refractivity (Wildman–Crippen MR) is 97.7 cm³/mol. The molecule has 0 heterocycles. The molecule has 0 aromatic heterocycles. The van der Waals surface area contributed by atoms with Gasteiger partial charge in [0.05, 0.1) is 6.61 Å². The summed E-state index contributed by atoms with van der Waals surface area (Å²) in [5.41, 5.74) is -0.0577. The van der Waals surface area contributed by atoms with E-state index in [0.29, 0.717) is 0 Å². The van der Waals surface area contributed by atoms with Crippen molar-refractivity contribution in [2.45, 2.75) is 77.7 Å². The van der Waals surface area contributed by atoms with Gasteiger partial charge in [-0.05, 0) is 44.5 Å². The first kappa shape index (κ1) is 19.6. The molecule has 1 aromatic carbocycles. The number of ether oxygens (including phenoxy) is 1. The monoisotopic (exact) mass is 316 g/mol. The first-order valence-electron chi connectivity index (χ1n) is 8.99. The molecule has 0 saturated heterocycles. The zero-order valence-corrected chi connectivity index (χ0v) is 15.0. The van der Waals surface area contributed by atoms with Crippen LogP contribution in [0.3, 0.4) is 0 Å². The summed E-state index contributed by atoms with van der Waals surface area (Å²) in [6, 6.07) is 7.75.